The van der Waals surface area contributed by atoms with E-state index in [0.717, 1.165) is 0 Å². The fourth-order valence-electron chi connectivity index (χ4n) is 1.85. The van der Waals surface area contributed by atoms with Crippen molar-refractivity contribution in [2.45, 2.75) is 31.4 Å². The number of hydrogen-bond acceptors (Lipinski definition) is 4. The minimum Gasteiger partial charge on any atom is -0.480 e. The van der Waals surface area contributed by atoms with E-state index in [1.165, 1.54) is 16.7 Å². The highest BCUT2D eigenvalue weighted by Gasteiger charge is 2.35. The molecule has 2 atom stereocenters. The lowest BCUT2D eigenvalue weighted by atomic mass is 10.1. The second-order valence-electron chi connectivity index (χ2n) is 4.79. The summed E-state index contributed by atoms with van der Waals surface area (Å²) >= 11 is 1.54. The zero-order valence-corrected chi connectivity index (χ0v) is 11.5. The minimum atomic E-state index is -1.02. The molecule has 1 fully saturated rings. The van der Waals surface area contributed by atoms with E-state index in [9.17, 15) is 14.7 Å². The molecule has 7 heteroatoms. The highest BCUT2D eigenvalue weighted by Crippen LogP contribution is 2.20. The van der Waals surface area contributed by atoms with Crippen molar-refractivity contribution >= 4 is 23.8 Å². The number of β-amino-alcohol motifs (C(OH)–C–C–N with tert-alkyl or cyclic N) is 1. The Labute approximate surface area is 111 Å². The summed E-state index contributed by atoms with van der Waals surface area (Å²) in [5.41, 5.74) is -0.866. The van der Waals surface area contributed by atoms with E-state index in [1.54, 1.807) is 6.92 Å². The number of aliphatic hydroxyl groups is 1. The lowest BCUT2D eigenvalue weighted by Gasteiger charge is -2.22. The molecular formula is C11H20N2O4S. The largest absolute Gasteiger partial charge is 0.480 e. The van der Waals surface area contributed by atoms with Crippen LogP contribution in [0.15, 0.2) is 0 Å². The molecule has 2 amide bonds. The van der Waals surface area contributed by atoms with Crippen LogP contribution in [0.5, 0.6) is 0 Å². The minimum absolute atomic E-state index is 0.244. The van der Waals surface area contributed by atoms with Gasteiger partial charge in [0.25, 0.3) is 0 Å². The number of aliphatic carboxylic acids is 1. The van der Waals surface area contributed by atoms with E-state index < -0.39 is 23.6 Å². The Balaban J connectivity index is 2.49. The molecule has 1 heterocycles. The lowest BCUT2D eigenvalue weighted by molar-refractivity contribution is -0.139. The average molecular weight is 276 g/mol. The van der Waals surface area contributed by atoms with Crippen LogP contribution in [0.4, 0.5) is 4.79 Å². The number of thioether (sulfide) groups is 1. The number of hydrogen-bond donors (Lipinski definition) is 3. The van der Waals surface area contributed by atoms with Crippen LogP contribution >= 0.6 is 11.8 Å². The van der Waals surface area contributed by atoms with Crippen LogP contribution in [0, 0.1) is 0 Å². The molecular weight excluding hydrogens is 256 g/mol. The van der Waals surface area contributed by atoms with Gasteiger partial charge in [0.2, 0.25) is 0 Å². The van der Waals surface area contributed by atoms with Crippen molar-refractivity contribution in [3.63, 3.8) is 0 Å². The zero-order valence-electron chi connectivity index (χ0n) is 10.7. The van der Waals surface area contributed by atoms with Gasteiger partial charge in [-0.05, 0) is 31.8 Å². The van der Waals surface area contributed by atoms with Crippen molar-refractivity contribution < 1.29 is 19.8 Å². The Hall–Kier alpha value is -0.950. The molecule has 1 saturated heterocycles. The molecule has 0 aliphatic carbocycles. The van der Waals surface area contributed by atoms with Gasteiger partial charge in [-0.3, -0.25) is 0 Å². The maximum atomic E-state index is 11.8. The molecule has 18 heavy (non-hydrogen) atoms. The number of nitrogens with one attached hydrogen (secondary N) is 1. The van der Waals surface area contributed by atoms with E-state index in [0.29, 0.717) is 25.1 Å². The summed E-state index contributed by atoms with van der Waals surface area (Å²) in [7, 11) is 0. The van der Waals surface area contributed by atoms with Crippen molar-refractivity contribution in [3.05, 3.63) is 0 Å². The third-order valence-corrected chi connectivity index (χ3v) is 3.59. The molecule has 104 valence electrons. The molecule has 0 spiro atoms. The number of carboxylic acid groups (broad SMARTS) is 1. The number of rotatable bonds is 5. The highest BCUT2D eigenvalue weighted by atomic mass is 32.2. The Bertz CT molecular complexity index is 322. The Morgan fingerprint density at radius 2 is 2.22 bits per heavy atom. The van der Waals surface area contributed by atoms with Crippen molar-refractivity contribution in [2.24, 2.45) is 0 Å². The van der Waals surface area contributed by atoms with E-state index >= 15 is 0 Å². The van der Waals surface area contributed by atoms with Crippen molar-refractivity contribution in [1.82, 2.24) is 10.2 Å². The van der Waals surface area contributed by atoms with Gasteiger partial charge in [0.05, 0.1) is 12.1 Å². The van der Waals surface area contributed by atoms with Gasteiger partial charge in [0.15, 0.2) is 0 Å². The summed E-state index contributed by atoms with van der Waals surface area (Å²) < 4.78 is 0. The van der Waals surface area contributed by atoms with Crippen LogP contribution in [0.3, 0.4) is 0 Å². The van der Waals surface area contributed by atoms with Crippen molar-refractivity contribution in [3.8, 4) is 0 Å². The van der Waals surface area contributed by atoms with Gasteiger partial charge in [0.1, 0.15) is 6.04 Å². The monoisotopic (exact) mass is 276 g/mol. The molecule has 1 rings (SSSR count). The summed E-state index contributed by atoms with van der Waals surface area (Å²) in [5.74, 6) is -0.349. The highest BCUT2D eigenvalue weighted by molar-refractivity contribution is 7.98. The molecule has 0 aromatic rings. The first kappa shape index (κ1) is 15.1. The number of carbonyl (C=O) groups excluding carboxylic acids is 1. The van der Waals surface area contributed by atoms with E-state index in [4.69, 9.17) is 5.11 Å². The molecule has 1 aliphatic rings. The van der Waals surface area contributed by atoms with Gasteiger partial charge in [-0.1, -0.05) is 0 Å². The lowest BCUT2D eigenvalue weighted by Crippen LogP contribution is -2.48. The van der Waals surface area contributed by atoms with Crippen LogP contribution in [0.25, 0.3) is 0 Å². The average Bonchev–Trinajstić information content (AvgIpc) is 2.64. The van der Waals surface area contributed by atoms with Gasteiger partial charge in [-0.15, -0.1) is 0 Å². The maximum absolute atomic E-state index is 11.8. The molecule has 1 aliphatic heterocycles. The van der Waals surface area contributed by atoms with Crippen LogP contribution in [-0.2, 0) is 4.79 Å². The SMILES string of the molecule is CSCCC(NC(=O)N1CCC(C)(O)C1)C(=O)O. The van der Waals surface area contributed by atoms with Crippen molar-refractivity contribution in [2.75, 3.05) is 25.1 Å². The second kappa shape index (κ2) is 6.29. The first-order valence-electron chi connectivity index (χ1n) is 5.85. The summed E-state index contributed by atoms with van der Waals surface area (Å²) in [6.07, 6.45) is 2.80. The molecule has 0 aromatic heterocycles. The summed E-state index contributed by atoms with van der Waals surface area (Å²) in [6, 6.07) is -1.28. The number of amides is 2. The summed E-state index contributed by atoms with van der Waals surface area (Å²) in [4.78, 5) is 24.3. The fraction of sp³-hybridized carbons (Fsp3) is 0.818. The number of carbonyl (C=O) groups is 2. The summed E-state index contributed by atoms with van der Waals surface area (Å²) in [6.45, 7) is 2.37. The molecule has 3 N–H and O–H groups in total. The smallest absolute Gasteiger partial charge is 0.326 e. The standard InChI is InChI=1S/C11H20N2O4S/c1-11(17)4-5-13(7-11)10(16)12-8(9(14)15)3-6-18-2/h8,17H,3-7H2,1-2H3,(H,12,16)(H,14,15). The van der Waals surface area contributed by atoms with Crippen LogP contribution < -0.4 is 5.32 Å². The Morgan fingerprint density at radius 1 is 1.56 bits per heavy atom. The fourth-order valence-corrected chi connectivity index (χ4v) is 2.32. The molecule has 0 radical (unpaired) electrons. The third-order valence-electron chi connectivity index (χ3n) is 2.95. The first-order valence-corrected chi connectivity index (χ1v) is 7.24. The van der Waals surface area contributed by atoms with Gasteiger partial charge >= 0.3 is 12.0 Å². The van der Waals surface area contributed by atoms with Crippen LogP contribution in [-0.4, -0.2) is 63.9 Å². The molecule has 0 aromatic carbocycles. The van der Waals surface area contributed by atoms with E-state index in [-0.39, 0.29) is 6.54 Å². The number of likely N-dealkylation sites (tertiary alicyclic amines) is 1. The quantitative estimate of drug-likeness (QED) is 0.674. The first-order chi connectivity index (χ1) is 8.35. The molecule has 0 saturated carbocycles. The van der Waals surface area contributed by atoms with Crippen molar-refractivity contribution in [1.29, 1.82) is 0 Å². The summed E-state index contributed by atoms with van der Waals surface area (Å²) in [5, 5.41) is 21.3. The van der Waals surface area contributed by atoms with E-state index in [1.807, 2.05) is 6.26 Å². The Morgan fingerprint density at radius 3 is 2.67 bits per heavy atom. The second-order valence-corrected chi connectivity index (χ2v) is 5.78. The molecule has 2 unspecified atom stereocenters. The molecule has 6 nitrogen and oxygen atoms in total. The van der Waals surface area contributed by atoms with Gasteiger partial charge < -0.3 is 20.4 Å². The molecule has 0 bridgehead atoms. The van der Waals surface area contributed by atoms with Crippen LogP contribution in [0.2, 0.25) is 0 Å². The number of urea groups is 1. The van der Waals surface area contributed by atoms with E-state index in [2.05, 4.69) is 5.32 Å². The van der Waals surface area contributed by atoms with Gasteiger partial charge in [0, 0.05) is 6.54 Å². The number of carboxylic acids is 1. The maximum Gasteiger partial charge on any atom is 0.326 e. The predicted octanol–water partition coefficient (Wildman–Crippen LogP) is 0.359. The topological polar surface area (TPSA) is 89.9 Å². The number of nitrogens with zero attached hydrogens (tertiary/aromatic N) is 1. The third kappa shape index (κ3) is 4.38. The normalized spacial score (nSPS) is 24.9. The van der Waals surface area contributed by atoms with Gasteiger partial charge in [-0.25, -0.2) is 9.59 Å². The Kier molecular flexibility index (Phi) is 5.28. The van der Waals surface area contributed by atoms with Crippen LogP contribution in [0.1, 0.15) is 19.8 Å². The van der Waals surface area contributed by atoms with Gasteiger partial charge in [-0.2, -0.15) is 11.8 Å². The zero-order chi connectivity index (χ0) is 13.8. The predicted molar refractivity (Wildman–Crippen MR) is 69.8 cm³/mol.